The molecule has 51 heavy (non-hydrogen) atoms. The van der Waals surface area contributed by atoms with E-state index in [0.717, 1.165) is 16.7 Å². The Bertz CT molecular complexity index is 1830. The lowest BCUT2D eigenvalue weighted by molar-refractivity contribution is -0.144. The molecule has 0 saturated carbocycles. The number of β-amino-alcohol motifs (C(OH)–C–C–N with tert-alkyl or cyclic N) is 1. The molecule has 2 amide bonds. The summed E-state index contributed by atoms with van der Waals surface area (Å²) in [5, 5.41) is 24.5. The van der Waals surface area contributed by atoms with Crippen LogP contribution in [-0.2, 0) is 32.1 Å². The molecule has 3 N–H and O–H groups in total. The molecule has 1 aromatic heterocycles. The van der Waals surface area contributed by atoms with Gasteiger partial charge in [0, 0.05) is 24.3 Å². The van der Waals surface area contributed by atoms with Crippen molar-refractivity contribution in [3.63, 3.8) is 0 Å². The summed E-state index contributed by atoms with van der Waals surface area (Å²) in [6.07, 6.45) is 0.0821. The van der Waals surface area contributed by atoms with Crippen LogP contribution in [0.25, 0.3) is 10.4 Å². The number of benzene rings is 3. The van der Waals surface area contributed by atoms with Gasteiger partial charge in [0.1, 0.15) is 24.1 Å². The highest BCUT2D eigenvalue weighted by Crippen LogP contribution is 2.30. The number of likely N-dealkylation sites (tertiary alicyclic amines) is 1. The van der Waals surface area contributed by atoms with Crippen molar-refractivity contribution >= 4 is 34.9 Å². The highest BCUT2D eigenvalue weighted by Gasteiger charge is 2.44. The Balaban J connectivity index is 1.12. The molecular formula is C40H44N2O8S. The number of nitrogens with zero attached hydrogens (tertiary/aromatic N) is 1. The first-order chi connectivity index (χ1) is 24.3. The Morgan fingerprint density at radius 2 is 1.55 bits per heavy atom. The van der Waals surface area contributed by atoms with E-state index < -0.39 is 41.4 Å². The van der Waals surface area contributed by atoms with Gasteiger partial charge < -0.3 is 29.9 Å². The molecule has 0 radical (unpaired) electrons. The zero-order valence-corrected chi connectivity index (χ0v) is 30.1. The minimum absolute atomic E-state index is 0.0242. The number of aliphatic hydroxyl groups is 1. The first-order valence-electron chi connectivity index (χ1n) is 16.9. The largest absolute Gasteiger partial charge is 0.478 e. The Hall–Kier alpha value is -4.84. The molecule has 1 fully saturated rings. The van der Waals surface area contributed by atoms with Crippen molar-refractivity contribution in [2.75, 3.05) is 13.2 Å². The number of Topliss-reactive ketones (excluding diaryl/α,β-unsaturated/α-hetero) is 1. The summed E-state index contributed by atoms with van der Waals surface area (Å²) in [7, 11) is 0. The Kier molecular flexibility index (Phi) is 12.1. The predicted molar refractivity (Wildman–Crippen MR) is 195 cm³/mol. The van der Waals surface area contributed by atoms with Gasteiger partial charge in [-0.05, 0) is 88.9 Å². The Morgan fingerprint density at radius 1 is 0.922 bits per heavy atom. The van der Waals surface area contributed by atoms with Gasteiger partial charge in [-0.3, -0.25) is 14.4 Å². The number of hydrogen-bond acceptors (Lipinski definition) is 8. The molecule has 1 aliphatic heterocycles. The maximum atomic E-state index is 13.9. The lowest BCUT2D eigenvalue weighted by atomic mass is 9.85. The summed E-state index contributed by atoms with van der Waals surface area (Å²) < 4.78 is 11.4. The maximum absolute atomic E-state index is 13.9. The van der Waals surface area contributed by atoms with Crippen LogP contribution in [-0.4, -0.2) is 70.0 Å². The molecule has 268 valence electrons. The lowest BCUT2D eigenvalue weighted by Crippen LogP contribution is -2.57. The monoisotopic (exact) mass is 712 g/mol. The molecule has 3 aromatic carbocycles. The molecular weight excluding hydrogens is 669 g/mol. The normalized spacial score (nSPS) is 16.5. The van der Waals surface area contributed by atoms with Gasteiger partial charge in [-0.25, -0.2) is 4.79 Å². The standard InChI is InChI=1S/C40H44N2O8S/c1-25-19-20-51-36(25)28-10-5-26(6-11-28)9-18-34(44)33-21-30(43)22-42(33)38(46)37(40(2,3)4)41-35(45)24-49-23-27-7-14-31(15-8-27)50-32-16-12-29(13-17-32)39(47)48/h5-8,10-17,19-20,30,33,37,43H,9,18,21-24H2,1-4H3,(H,41,45)(H,47,48)/t30-,33+,37-/m1/s1. The number of ketones is 1. The van der Waals surface area contributed by atoms with Crippen molar-refractivity contribution in [3.8, 4) is 21.9 Å². The van der Waals surface area contributed by atoms with Gasteiger partial charge in [0.2, 0.25) is 11.8 Å². The number of ether oxygens (including phenoxy) is 2. The van der Waals surface area contributed by atoms with Gasteiger partial charge in [-0.1, -0.05) is 57.2 Å². The van der Waals surface area contributed by atoms with Crippen LogP contribution in [0.2, 0.25) is 0 Å². The van der Waals surface area contributed by atoms with Crippen LogP contribution in [0, 0.1) is 12.3 Å². The average Bonchev–Trinajstić information content (AvgIpc) is 3.71. The van der Waals surface area contributed by atoms with Crippen LogP contribution in [0.3, 0.4) is 0 Å². The molecule has 4 aromatic rings. The van der Waals surface area contributed by atoms with E-state index in [1.807, 2.05) is 32.9 Å². The zero-order chi connectivity index (χ0) is 36.7. The van der Waals surface area contributed by atoms with Crippen molar-refractivity contribution in [3.05, 3.63) is 106 Å². The van der Waals surface area contributed by atoms with E-state index in [1.54, 1.807) is 47.7 Å². The molecule has 1 aliphatic rings. The van der Waals surface area contributed by atoms with E-state index in [4.69, 9.17) is 14.6 Å². The molecule has 0 bridgehead atoms. The van der Waals surface area contributed by atoms with Crippen molar-refractivity contribution < 1.29 is 38.9 Å². The van der Waals surface area contributed by atoms with Gasteiger partial charge in [-0.15, -0.1) is 11.3 Å². The average molecular weight is 713 g/mol. The smallest absolute Gasteiger partial charge is 0.335 e. The molecule has 0 unspecified atom stereocenters. The fourth-order valence-corrected chi connectivity index (χ4v) is 6.96. The fraction of sp³-hybridized carbons (Fsp3) is 0.350. The van der Waals surface area contributed by atoms with Gasteiger partial charge in [0.05, 0.1) is 24.3 Å². The number of aromatic carboxylic acids is 1. The van der Waals surface area contributed by atoms with Crippen LogP contribution in [0.1, 0.15) is 60.7 Å². The summed E-state index contributed by atoms with van der Waals surface area (Å²) in [4.78, 5) is 54.1. The number of carboxylic acid groups (broad SMARTS) is 1. The third-order valence-electron chi connectivity index (χ3n) is 8.85. The number of hydrogen-bond donors (Lipinski definition) is 3. The van der Waals surface area contributed by atoms with Crippen molar-refractivity contribution in [2.24, 2.45) is 5.41 Å². The first-order valence-corrected chi connectivity index (χ1v) is 17.8. The number of thiophene rings is 1. The van der Waals surface area contributed by atoms with Gasteiger partial charge >= 0.3 is 5.97 Å². The molecule has 0 spiro atoms. The molecule has 0 aliphatic carbocycles. The van der Waals surface area contributed by atoms with Crippen molar-refractivity contribution in [2.45, 2.75) is 71.8 Å². The number of carbonyl (C=O) groups excluding carboxylic acids is 3. The molecule has 2 heterocycles. The maximum Gasteiger partial charge on any atom is 0.335 e. The van der Waals surface area contributed by atoms with E-state index in [0.29, 0.717) is 17.9 Å². The molecule has 10 nitrogen and oxygen atoms in total. The molecule has 11 heteroatoms. The topological polar surface area (TPSA) is 142 Å². The molecule has 3 atom stereocenters. The van der Waals surface area contributed by atoms with E-state index in [1.165, 1.54) is 27.5 Å². The van der Waals surface area contributed by atoms with Crippen molar-refractivity contribution in [1.82, 2.24) is 10.2 Å². The first kappa shape index (κ1) is 37.4. The summed E-state index contributed by atoms with van der Waals surface area (Å²) in [5.41, 5.74) is 3.66. The van der Waals surface area contributed by atoms with Gasteiger partial charge in [-0.2, -0.15) is 0 Å². The number of amides is 2. The highest BCUT2D eigenvalue weighted by atomic mass is 32.1. The van der Waals surface area contributed by atoms with Crippen LogP contribution >= 0.6 is 11.3 Å². The van der Waals surface area contributed by atoms with E-state index in [2.05, 4.69) is 35.8 Å². The number of rotatable bonds is 14. The second kappa shape index (κ2) is 16.5. The summed E-state index contributed by atoms with van der Waals surface area (Å²) in [6, 6.07) is 21.7. The number of nitrogens with one attached hydrogen (secondary N) is 1. The van der Waals surface area contributed by atoms with Crippen molar-refractivity contribution in [1.29, 1.82) is 0 Å². The zero-order valence-electron chi connectivity index (χ0n) is 29.3. The van der Waals surface area contributed by atoms with E-state index in [9.17, 15) is 24.3 Å². The molecule has 5 rings (SSSR count). The van der Waals surface area contributed by atoms with Crippen LogP contribution in [0.15, 0.2) is 84.2 Å². The highest BCUT2D eigenvalue weighted by molar-refractivity contribution is 7.13. The number of aliphatic hydroxyl groups excluding tert-OH is 1. The fourth-order valence-electron chi connectivity index (χ4n) is 6.02. The van der Waals surface area contributed by atoms with Gasteiger partial charge in [0.15, 0.2) is 5.78 Å². The second-order valence-electron chi connectivity index (χ2n) is 13.9. The third-order valence-corrected chi connectivity index (χ3v) is 9.92. The van der Waals surface area contributed by atoms with Crippen LogP contribution < -0.4 is 10.1 Å². The molecule has 1 saturated heterocycles. The number of carbonyl (C=O) groups is 4. The third kappa shape index (κ3) is 9.90. The van der Waals surface area contributed by atoms with Crippen LogP contribution in [0.4, 0.5) is 0 Å². The minimum Gasteiger partial charge on any atom is -0.478 e. The summed E-state index contributed by atoms with van der Waals surface area (Å²) in [5.74, 6) is -0.970. The lowest BCUT2D eigenvalue weighted by Gasteiger charge is -2.35. The SMILES string of the molecule is Cc1ccsc1-c1ccc(CCC(=O)[C@@H]2C[C@@H](O)CN2C(=O)[C@@H](NC(=O)COCc2ccc(Oc3ccc(C(=O)O)cc3)cc2)C(C)(C)C)cc1. The van der Waals surface area contributed by atoms with E-state index in [-0.39, 0.29) is 43.9 Å². The minimum atomic E-state index is -1.01. The summed E-state index contributed by atoms with van der Waals surface area (Å²) >= 11 is 1.69. The van der Waals surface area contributed by atoms with E-state index >= 15 is 0 Å². The number of carboxylic acids is 1. The quantitative estimate of drug-likeness (QED) is 0.136. The van der Waals surface area contributed by atoms with Crippen LogP contribution in [0.5, 0.6) is 11.5 Å². The Labute approximate surface area is 302 Å². The second-order valence-corrected chi connectivity index (χ2v) is 14.8. The predicted octanol–water partition coefficient (Wildman–Crippen LogP) is 6.43. The summed E-state index contributed by atoms with van der Waals surface area (Å²) in [6.45, 7) is 7.48. The van der Waals surface area contributed by atoms with Gasteiger partial charge in [0.25, 0.3) is 0 Å². The number of aryl methyl sites for hydroxylation is 2. The Morgan fingerprint density at radius 3 is 2.14 bits per heavy atom.